The fraction of sp³-hybridized carbons (Fsp3) is 0.115. The minimum absolute atomic E-state index is 0.162. The van der Waals surface area contributed by atoms with E-state index in [0.717, 1.165) is 11.3 Å². The number of aromatic nitrogens is 3. The summed E-state index contributed by atoms with van der Waals surface area (Å²) in [6.07, 6.45) is 0. The standard InChI is InChI=1S/C26H24N6O4/c1-16-10-4-7-13-19(16)27-24-30-25(28-20-14-8-5-11-17(20)22(33)35-2)32-26(31-24)29-21-15-9-6-12-18(21)23(34)36-3/h4-15H,1-3H3,(H3,27,28,29,30,31,32). The number of aryl methyl sites for hydroxylation is 1. The van der Waals surface area contributed by atoms with Crippen molar-refractivity contribution in [3.05, 3.63) is 89.5 Å². The van der Waals surface area contributed by atoms with Crippen LogP contribution in [0.15, 0.2) is 72.8 Å². The van der Waals surface area contributed by atoms with Gasteiger partial charge in [-0.05, 0) is 42.8 Å². The van der Waals surface area contributed by atoms with E-state index in [9.17, 15) is 9.59 Å². The third kappa shape index (κ3) is 5.55. The molecule has 4 aromatic rings. The summed E-state index contributed by atoms with van der Waals surface area (Å²) in [7, 11) is 2.63. The molecule has 1 heterocycles. The van der Waals surface area contributed by atoms with Gasteiger partial charge in [-0.2, -0.15) is 15.0 Å². The van der Waals surface area contributed by atoms with E-state index < -0.39 is 11.9 Å². The molecule has 0 saturated heterocycles. The van der Waals surface area contributed by atoms with E-state index in [-0.39, 0.29) is 17.8 Å². The van der Waals surface area contributed by atoms with Crippen LogP contribution in [-0.4, -0.2) is 41.1 Å². The molecule has 10 heteroatoms. The molecule has 3 aromatic carbocycles. The van der Waals surface area contributed by atoms with Crippen molar-refractivity contribution >= 4 is 46.8 Å². The van der Waals surface area contributed by atoms with Crippen molar-refractivity contribution in [2.75, 3.05) is 30.2 Å². The number of para-hydroxylation sites is 3. The van der Waals surface area contributed by atoms with Gasteiger partial charge in [0.05, 0.1) is 36.7 Å². The van der Waals surface area contributed by atoms with Gasteiger partial charge in [0.1, 0.15) is 0 Å². The van der Waals surface area contributed by atoms with Crippen LogP contribution < -0.4 is 16.0 Å². The van der Waals surface area contributed by atoms with Gasteiger partial charge >= 0.3 is 11.9 Å². The Morgan fingerprint density at radius 1 is 0.583 bits per heavy atom. The molecule has 0 radical (unpaired) electrons. The summed E-state index contributed by atoms with van der Waals surface area (Å²) in [5.41, 5.74) is 3.36. The summed E-state index contributed by atoms with van der Waals surface area (Å²) in [5.74, 6) is -0.437. The lowest BCUT2D eigenvalue weighted by atomic mass is 10.2. The summed E-state index contributed by atoms with van der Waals surface area (Å²) < 4.78 is 9.76. The first-order valence-corrected chi connectivity index (χ1v) is 11.0. The maximum absolute atomic E-state index is 12.2. The van der Waals surface area contributed by atoms with Gasteiger partial charge in [-0.3, -0.25) is 0 Å². The Kier molecular flexibility index (Phi) is 7.35. The smallest absolute Gasteiger partial charge is 0.339 e. The molecule has 0 aliphatic rings. The number of carbonyl (C=O) groups excluding carboxylic acids is 2. The zero-order valence-electron chi connectivity index (χ0n) is 19.9. The van der Waals surface area contributed by atoms with E-state index in [1.54, 1.807) is 48.5 Å². The molecule has 0 atom stereocenters. The minimum Gasteiger partial charge on any atom is -0.465 e. The van der Waals surface area contributed by atoms with Gasteiger partial charge < -0.3 is 25.4 Å². The lowest BCUT2D eigenvalue weighted by molar-refractivity contribution is 0.0593. The zero-order chi connectivity index (χ0) is 25.5. The van der Waals surface area contributed by atoms with Crippen LogP contribution in [0.3, 0.4) is 0 Å². The largest absolute Gasteiger partial charge is 0.465 e. The lowest BCUT2D eigenvalue weighted by Gasteiger charge is -2.14. The number of benzene rings is 3. The average molecular weight is 485 g/mol. The van der Waals surface area contributed by atoms with Crippen LogP contribution >= 0.6 is 0 Å². The van der Waals surface area contributed by atoms with E-state index in [1.165, 1.54) is 14.2 Å². The van der Waals surface area contributed by atoms with Gasteiger partial charge in [0.2, 0.25) is 17.8 Å². The average Bonchev–Trinajstić information content (AvgIpc) is 2.89. The summed E-state index contributed by atoms with van der Waals surface area (Å²) in [4.78, 5) is 37.9. The number of methoxy groups -OCH3 is 2. The minimum atomic E-state index is -0.504. The van der Waals surface area contributed by atoms with Gasteiger partial charge in [-0.1, -0.05) is 42.5 Å². The predicted molar refractivity (Wildman–Crippen MR) is 136 cm³/mol. The number of carbonyl (C=O) groups is 2. The van der Waals surface area contributed by atoms with E-state index in [4.69, 9.17) is 9.47 Å². The molecule has 0 aliphatic carbocycles. The number of hydrogen-bond acceptors (Lipinski definition) is 10. The second-order valence-electron chi connectivity index (χ2n) is 7.57. The van der Waals surface area contributed by atoms with Gasteiger partial charge in [-0.15, -0.1) is 0 Å². The highest BCUT2D eigenvalue weighted by molar-refractivity contribution is 5.97. The van der Waals surface area contributed by atoms with Crippen molar-refractivity contribution in [1.82, 2.24) is 15.0 Å². The lowest BCUT2D eigenvalue weighted by Crippen LogP contribution is -2.11. The normalized spacial score (nSPS) is 10.3. The van der Waals surface area contributed by atoms with Crippen molar-refractivity contribution in [1.29, 1.82) is 0 Å². The molecule has 0 fully saturated rings. The van der Waals surface area contributed by atoms with E-state index in [2.05, 4.69) is 30.9 Å². The quantitative estimate of drug-likeness (QED) is 0.295. The number of nitrogens with zero attached hydrogens (tertiary/aromatic N) is 3. The maximum Gasteiger partial charge on any atom is 0.339 e. The molecule has 3 N–H and O–H groups in total. The van der Waals surface area contributed by atoms with Gasteiger partial charge in [-0.25, -0.2) is 9.59 Å². The summed E-state index contributed by atoms with van der Waals surface area (Å²) in [6, 6.07) is 21.4. The van der Waals surface area contributed by atoms with Gasteiger partial charge in [0.15, 0.2) is 0 Å². The summed E-state index contributed by atoms with van der Waals surface area (Å²) in [5, 5.41) is 9.33. The monoisotopic (exact) mass is 484 g/mol. The highest BCUT2D eigenvalue weighted by Crippen LogP contribution is 2.25. The van der Waals surface area contributed by atoms with Crippen molar-refractivity contribution < 1.29 is 19.1 Å². The topological polar surface area (TPSA) is 127 Å². The molecular weight excluding hydrogens is 460 g/mol. The Hall–Kier alpha value is -4.99. The Bertz CT molecular complexity index is 1330. The first-order valence-electron chi connectivity index (χ1n) is 11.0. The molecule has 0 amide bonds. The van der Waals surface area contributed by atoms with Crippen molar-refractivity contribution in [3.8, 4) is 0 Å². The molecule has 182 valence electrons. The van der Waals surface area contributed by atoms with E-state index in [1.807, 2.05) is 31.2 Å². The summed E-state index contributed by atoms with van der Waals surface area (Å²) >= 11 is 0. The predicted octanol–water partition coefficient (Wildman–Crippen LogP) is 4.98. The molecule has 1 aromatic heterocycles. The highest BCUT2D eigenvalue weighted by atomic mass is 16.5. The fourth-order valence-electron chi connectivity index (χ4n) is 3.38. The second-order valence-corrected chi connectivity index (χ2v) is 7.57. The van der Waals surface area contributed by atoms with Crippen LogP contribution in [0.1, 0.15) is 26.3 Å². The Morgan fingerprint density at radius 3 is 1.36 bits per heavy atom. The van der Waals surface area contributed by atoms with Crippen LogP contribution in [-0.2, 0) is 9.47 Å². The molecule has 36 heavy (non-hydrogen) atoms. The zero-order valence-corrected chi connectivity index (χ0v) is 19.9. The van der Waals surface area contributed by atoms with Crippen LogP contribution in [0.4, 0.5) is 34.9 Å². The molecular formula is C26H24N6O4. The molecule has 10 nitrogen and oxygen atoms in total. The third-order valence-electron chi connectivity index (χ3n) is 5.18. The first kappa shape index (κ1) is 24.1. The SMILES string of the molecule is COC(=O)c1ccccc1Nc1nc(Nc2ccccc2C)nc(Nc2ccccc2C(=O)OC)n1. The number of anilines is 6. The number of rotatable bonds is 8. The molecule has 0 unspecified atom stereocenters. The van der Waals surface area contributed by atoms with Crippen molar-refractivity contribution in [2.24, 2.45) is 0 Å². The Balaban J connectivity index is 1.74. The van der Waals surface area contributed by atoms with Gasteiger partial charge in [0, 0.05) is 5.69 Å². The number of hydrogen-bond donors (Lipinski definition) is 3. The van der Waals surface area contributed by atoms with E-state index >= 15 is 0 Å². The van der Waals surface area contributed by atoms with Crippen molar-refractivity contribution in [2.45, 2.75) is 6.92 Å². The highest BCUT2D eigenvalue weighted by Gasteiger charge is 2.16. The second kappa shape index (κ2) is 11.0. The first-order chi connectivity index (χ1) is 17.5. The molecule has 0 saturated carbocycles. The summed E-state index contributed by atoms with van der Waals surface area (Å²) in [6.45, 7) is 1.96. The van der Waals surface area contributed by atoms with Crippen LogP contribution in [0, 0.1) is 6.92 Å². The molecule has 4 rings (SSSR count). The number of nitrogens with one attached hydrogen (secondary N) is 3. The van der Waals surface area contributed by atoms with Gasteiger partial charge in [0.25, 0.3) is 0 Å². The number of ether oxygens (including phenoxy) is 2. The molecule has 0 aliphatic heterocycles. The molecule has 0 spiro atoms. The van der Waals surface area contributed by atoms with Crippen LogP contribution in [0.2, 0.25) is 0 Å². The van der Waals surface area contributed by atoms with E-state index in [0.29, 0.717) is 22.5 Å². The van der Waals surface area contributed by atoms with Crippen LogP contribution in [0.25, 0.3) is 0 Å². The number of esters is 2. The maximum atomic E-state index is 12.2. The third-order valence-corrected chi connectivity index (χ3v) is 5.18. The van der Waals surface area contributed by atoms with Crippen LogP contribution in [0.5, 0.6) is 0 Å². The Labute approximate surface area is 207 Å². The van der Waals surface area contributed by atoms with Crippen molar-refractivity contribution in [3.63, 3.8) is 0 Å². The fourth-order valence-corrected chi connectivity index (χ4v) is 3.38. The molecule has 0 bridgehead atoms. The Morgan fingerprint density at radius 2 is 0.944 bits per heavy atom.